The first-order valence-corrected chi connectivity index (χ1v) is 5.92. The van der Waals surface area contributed by atoms with Gasteiger partial charge in [0, 0.05) is 25.0 Å². The minimum absolute atomic E-state index is 0.0306. The number of halogens is 3. The van der Waals surface area contributed by atoms with Gasteiger partial charge in [0.2, 0.25) is 0 Å². The Morgan fingerprint density at radius 1 is 1.53 bits per heavy atom. The van der Waals surface area contributed by atoms with Gasteiger partial charge in [0.1, 0.15) is 12.2 Å². The number of hydrogen-bond acceptors (Lipinski definition) is 3. The number of carbonyl (C=O) groups is 1. The molecule has 4 nitrogen and oxygen atoms in total. The van der Waals surface area contributed by atoms with Crippen molar-refractivity contribution in [1.29, 1.82) is 0 Å². The van der Waals surface area contributed by atoms with Crippen molar-refractivity contribution in [3.8, 4) is 0 Å². The van der Waals surface area contributed by atoms with E-state index in [-0.39, 0.29) is 11.7 Å². The van der Waals surface area contributed by atoms with Gasteiger partial charge in [0.25, 0.3) is 5.91 Å². The van der Waals surface area contributed by atoms with Crippen LogP contribution in [0.4, 0.5) is 18.9 Å². The fourth-order valence-electron chi connectivity index (χ4n) is 1.80. The number of pyridine rings is 1. The second kappa shape index (κ2) is 5.07. The predicted molar refractivity (Wildman–Crippen MR) is 63.9 cm³/mol. The fourth-order valence-corrected chi connectivity index (χ4v) is 1.80. The fraction of sp³-hybridized carbons (Fsp3) is 0.500. The summed E-state index contributed by atoms with van der Waals surface area (Å²) >= 11 is 0. The highest BCUT2D eigenvalue weighted by molar-refractivity contribution is 5.93. The lowest BCUT2D eigenvalue weighted by Gasteiger charge is -2.23. The highest BCUT2D eigenvalue weighted by Gasteiger charge is 2.41. The SMILES string of the molecule is CNc1ccnc(C(=O)N(CC(F)(F)F)C2CC2)c1. The molecule has 1 aromatic rings. The molecular formula is C12H14F3N3O. The summed E-state index contributed by atoms with van der Waals surface area (Å²) in [4.78, 5) is 16.8. The van der Waals surface area contributed by atoms with Crippen LogP contribution in [0.1, 0.15) is 23.3 Å². The van der Waals surface area contributed by atoms with E-state index in [2.05, 4.69) is 10.3 Å². The Labute approximate surface area is 108 Å². The van der Waals surface area contributed by atoms with E-state index in [1.165, 1.54) is 12.3 Å². The number of nitrogens with zero attached hydrogens (tertiary/aromatic N) is 2. The maximum absolute atomic E-state index is 12.5. The molecule has 0 aromatic carbocycles. The number of aromatic nitrogens is 1. The van der Waals surface area contributed by atoms with Crippen LogP contribution in [0.15, 0.2) is 18.3 Å². The lowest BCUT2D eigenvalue weighted by atomic mass is 10.2. The van der Waals surface area contributed by atoms with Crippen molar-refractivity contribution in [1.82, 2.24) is 9.88 Å². The van der Waals surface area contributed by atoms with Crippen molar-refractivity contribution in [2.75, 3.05) is 18.9 Å². The number of amides is 1. The average Bonchev–Trinajstić information content (AvgIpc) is 3.18. The van der Waals surface area contributed by atoms with Gasteiger partial charge in [0.15, 0.2) is 0 Å². The van der Waals surface area contributed by atoms with Crippen molar-refractivity contribution in [3.63, 3.8) is 0 Å². The topological polar surface area (TPSA) is 45.2 Å². The van der Waals surface area contributed by atoms with Crippen molar-refractivity contribution in [2.24, 2.45) is 0 Å². The molecule has 0 saturated heterocycles. The molecule has 0 aliphatic heterocycles. The number of alkyl halides is 3. The van der Waals surface area contributed by atoms with Crippen LogP contribution in [0.2, 0.25) is 0 Å². The minimum atomic E-state index is -4.39. The summed E-state index contributed by atoms with van der Waals surface area (Å²) in [6.07, 6.45) is -1.75. The molecule has 0 spiro atoms. The Kier molecular flexibility index (Phi) is 3.64. The van der Waals surface area contributed by atoms with Gasteiger partial charge in [-0.25, -0.2) is 0 Å². The van der Waals surface area contributed by atoms with Gasteiger partial charge in [-0.15, -0.1) is 0 Å². The summed E-state index contributed by atoms with van der Waals surface area (Å²) in [5.74, 6) is -0.670. The minimum Gasteiger partial charge on any atom is -0.388 e. The lowest BCUT2D eigenvalue weighted by molar-refractivity contribution is -0.141. The van der Waals surface area contributed by atoms with Crippen LogP contribution in [-0.4, -0.2) is 41.6 Å². The van der Waals surface area contributed by atoms with E-state index in [0.717, 1.165) is 4.90 Å². The van der Waals surface area contributed by atoms with Gasteiger partial charge in [-0.05, 0) is 25.0 Å². The van der Waals surface area contributed by atoms with Crippen LogP contribution in [0.3, 0.4) is 0 Å². The molecule has 1 heterocycles. The molecule has 2 rings (SSSR count). The summed E-state index contributed by atoms with van der Waals surface area (Å²) in [7, 11) is 1.66. The smallest absolute Gasteiger partial charge is 0.388 e. The van der Waals surface area contributed by atoms with E-state index >= 15 is 0 Å². The Balaban J connectivity index is 2.19. The first-order chi connectivity index (χ1) is 8.90. The number of hydrogen-bond donors (Lipinski definition) is 1. The van der Waals surface area contributed by atoms with E-state index in [4.69, 9.17) is 0 Å². The third-order valence-corrected chi connectivity index (χ3v) is 2.87. The highest BCUT2D eigenvalue weighted by atomic mass is 19.4. The van der Waals surface area contributed by atoms with Crippen molar-refractivity contribution in [3.05, 3.63) is 24.0 Å². The molecule has 0 atom stereocenters. The van der Waals surface area contributed by atoms with Crippen LogP contribution in [0, 0.1) is 0 Å². The van der Waals surface area contributed by atoms with Crippen LogP contribution in [0.25, 0.3) is 0 Å². The molecule has 1 saturated carbocycles. The van der Waals surface area contributed by atoms with Crippen LogP contribution < -0.4 is 5.32 Å². The molecule has 1 aromatic heterocycles. The zero-order chi connectivity index (χ0) is 14.0. The summed E-state index contributed by atoms with van der Waals surface area (Å²) in [6.45, 7) is -1.22. The number of nitrogens with one attached hydrogen (secondary N) is 1. The molecule has 0 radical (unpaired) electrons. The quantitative estimate of drug-likeness (QED) is 0.915. The third-order valence-electron chi connectivity index (χ3n) is 2.87. The zero-order valence-corrected chi connectivity index (χ0v) is 10.4. The summed E-state index contributed by atoms with van der Waals surface area (Å²) in [5, 5.41) is 2.82. The molecule has 1 aliphatic carbocycles. The van der Waals surface area contributed by atoms with E-state index in [9.17, 15) is 18.0 Å². The normalized spacial score (nSPS) is 15.2. The van der Waals surface area contributed by atoms with Gasteiger partial charge in [0.05, 0.1) is 0 Å². The van der Waals surface area contributed by atoms with Crippen LogP contribution >= 0.6 is 0 Å². The Morgan fingerprint density at radius 3 is 2.74 bits per heavy atom. The molecule has 1 fully saturated rings. The highest BCUT2D eigenvalue weighted by Crippen LogP contribution is 2.31. The first-order valence-electron chi connectivity index (χ1n) is 5.92. The summed E-state index contributed by atoms with van der Waals surface area (Å²) in [6, 6.07) is 2.78. The maximum Gasteiger partial charge on any atom is 0.406 e. The van der Waals surface area contributed by atoms with Gasteiger partial charge >= 0.3 is 6.18 Å². The summed E-state index contributed by atoms with van der Waals surface area (Å²) < 4.78 is 37.5. The molecule has 1 N–H and O–H groups in total. The number of rotatable bonds is 4. The Hall–Kier alpha value is -1.79. The predicted octanol–water partition coefficient (Wildman–Crippen LogP) is 2.29. The standard InChI is InChI=1S/C12H14F3N3O/c1-16-8-4-5-17-10(6-8)11(19)18(9-2-3-9)7-12(13,14)15/h4-6,9H,2-3,7H2,1H3,(H,16,17). The third kappa shape index (κ3) is 3.59. The van der Waals surface area contributed by atoms with E-state index < -0.39 is 18.6 Å². The van der Waals surface area contributed by atoms with Crippen molar-refractivity contribution >= 4 is 11.6 Å². The second-order valence-electron chi connectivity index (χ2n) is 4.46. The van der Waals surface area contributed by atoms with E-state index in [1.54, 1.807) is 13.1 Å². The zero-order valence-electron chi connectivity index (χ0n) is 10.4. The second-order valence-corrected chi connectivity index (χ2v) is 4.46. The average molecular weight is 273 g/mol. The first kappa shape index (κ1) is 13.6. The van der Waals surface area contributed by atoms with Crippen LogP contribution in [0.5, 0.6) is 0 Å². The van der Waals surface area contributed by atoms with E-state index in [1.807, 2.05) is 0 Å². The molecule has 7 heteroatoms. The monoisotopic (exact) mass is 273 g/mol. The van der Waals surface area contributed by atoms with Crippen molar-refractivity contribution in [2.45, 2.75) is 25.1 Å². The molecular weight excluding hydrogens is 259 g/mol. The molecule has 104 valence electrons. The molecule has 0 bridgehead atoms. The van der Waals surface area contributed by atoms with Crippen LogP contribution in [-0.2, 0) is 0 Å². The van der Waals surface area contributed by atoms with Gasteiger partial charge < -0.3 is 10.2 Å². The molecule has 1 amide bonds. The van der Waals surface area contributed by atoms with E-state index in [0.29, 0.717) is 18.5 Å². The van der Waals surface area contributed by atoms with Gasteiger partial charge in [-0.1, -0.05) is 0 Å². The Morgan fingerprint density at radius 2 is 2.21 bits per heavy atom. The molecule has 19 heavy (non-hydrogen) atoms. The Bertz CT molecular complexity index is 472. The lowest BCUT2D eigenvalue weighted by Crippen LogP contribution is -2.40. The van der Waals surface area contributed by atoms with Gasteiger partial charge in [-0.2, -0.15) is 13.2 Å². The number of anilines is 1. The summed E-state index contributed by atoms with van der Waals surface area (Å²) in [5.41, 5.74) is 0.670. The molecule has 1 aliphatic rings. The number of carbonyl (C=O) groups excluding carboxylic acids is 1. The van der Waals surface area contributed by atoms with Gasteiger partial charge in [-0.3, -0.25) is 9.78 Å². The largest absolute Gasteiger partial charge is 0.406 e. The maximum atomic E-state index is 12.5. The van der Waals surface area contributed by atoms with Crippen molar-refractivity contribution < 1.29 is 18.0 Å². The molecule has 0 unspecified atom stereocenters.